The fraction of sp³-hybridized carbons (Fsp3) is 0.150. The van der Waals surface area contributed by atoms with Gasteiger partial charge in [0.15, 0.2) is 10.6 Å². The van der Waals surface area contributed by atoms with Gasteiger partial charge < -0.3 is 10.0 Å². The number of aromatic hydroxyl groups is 1. The summed E-state index contributed by atoms with van der Waals surface area (Å²) in [7, 11) is -0.499. The van der Waals surface area contributed by atoms with Crippen LogP contribution >= 0.6 is 11.5 Å². The van der Waals surface area contributed by atoms with Crippen molar-refractivity contribution < 1.29 is 18.3 Å². The molecule has 0 fully saturated rings. The van der Waals surface area contributed by atoms with Crippen LogP contribution in [-0.2, 0) is 10.0 Å². The number of nitrogens with one attached hydrogen (secondary N) is 1. The van der Waals surface area contributed by atoms with Crippen molar-refractivity contribution in [2.45, 2.75) is 0 Å². The van der Waals surface area contributed by atoms with Gasteiger partial charge in [0.25, 0.3) is 5.91 Å². The fourth-order valence-corrected chi connectivity index (χ4v) is 4.38. The molecule has 2 N–H and O–H groups in total. The molecule has 0 aliphatic carbocycles. The summed E-state index contributed by atoms with van der Waals surface area (Å²) in [5.74, 6) is -0.711. The second-order valence-electron chi connectivity index (χ2n) is 7.16. The summed E-state index contributed by atoms with van der Waals surface area (Å²) in [4.78, 5) is 18.1. The highest BCUT2D eigenvalue weighted by Gasteiger charge is 2.21. The third kappa shape index (κ3) is 4.09. The number of benzene rings is 2. The summed E-state index contributed by atoms with van der Waals surface area (Å²) in [6, 6.07) is 9.65. The highest BCUT2D eigenvalue weighted by Crippen LogP contribution is 2.42. The van der Waals surface area contributed by atoms with E-state index in [1.54, 1.807) is 44.6 Å². The Kier molecular flexibility index (Phi) is 5.48. The molecule has 10 nitrogen and oxygen atoms in total. The summed E-state index contributed by atoms with van der Waals surface area (Å²) >= 11 is 1.11. The Morgan fingerprint density at radius 2 is 1.91 bits per heavy atom. The van der Waals surface area contributed by atoms with Gasteiger partial charge in [-0.2, -0.15) is 4.37 Å². The Balaban J connectivity index is 1.97. The van der Waals surface area contributed by atoms with Gasteiger partial charge >= 0.3 is 0 Å². The fourth-order valence-electron chi connectivity index (χ4n) is 3.16. The van der Waals surface area contributed by atoms with Crippen LogP contribution in [0.15, 0.2) is 52.8 Å². The van der Waals surface area contributed by atoms with Crippen molar-refractivity contribution >= 4 is 65.6 Å². The third-order valence-electron chi connectivity index (χ3n) is 4.53. The molecule has 0 saturated heterocycles. The van der Waals surface area contributed by atoms with Gasteiger partial charge in [0.1, 0.15) is 5.75 Å². The van der Waals surface area contributed by atoms with Gasteiger partial charge in [-0.05, 0) is 35.8 Å². The van der Waals surface area contributed by atoms with Gasteiger partial charge in [0, 0.05) is 31.1 Å². The van der Waals surface area contributed by atoms with Crippen molar-refractivity contribution in [3.05, 3.63) is 48.2 Å². The van der Waals surface area contributed by atoms with Gasteiger partial charge in [-0.1, -0.05) is 12.1 Å². The first-order valence-electron chi connectivity index (χ1n) is 9.26. The highest BCUT2D eigenvalue weighted by atomic mass is 32.2. The molecule has 0 spiro atoms. The lowest BCUT2D eigenvalue weighted by molar-refractivity contribution is 0.0825. The van der Waals surface area contributed by atoms with E-state index in [0.717, 1.165) is 17.8 Å². The summed E-state index contributed by atoms with van der Waals surface area (Å²) in [6.45, 7) is 0. The second kappa shape index (κ2) is 8.13. The number of hydrogen-bond acceptors (Lipinski definition) is 9. The van der Waals surface area contributed by atoms with Crippen LogP contribution in [0, 0.1) is 0 Å². The van der Waals surface area contributed by atoms with Gasteiger partial charge in [0.05, 0.1) is 28.6 Å². The van der Waals surface area contributed by atoms with Crippen molar-refractivity contribution in [1.82, 2.24) is 14.3 Å². The van der Waals surface area contributed by atoms with Crippen LogP contribution in [0.4, 0.5) is 16.4 Å². The zero-order valence-corrected chi connectivity index (χ0v) is 18.9. The number of sulfonamides is 1. The number of hydrogen-bond donors (Lipinski definition) is 2. The van der Waals surface area contributed by atoms with Crippen molar-refractivity contribution in [2.24, 2.45) is 10.2 Å². The molecule has 0 radical (unpaired) electrons. The van der Waals surface area contributed by atoms with E-state index in [2.05, 4.69) is 24.3 Å². The van der Waals surface area contributed by atoms with E-state index in [4.69, 9.17) is 0 Å². The average molecular weight is 471 g/mol. The average Bonchev–Trinajstić information content (AvgIpc) is 3.15. The first-order chi connectivity index (χ1) is 15.2. The number of azo groups is 1. The van der Waals surface area contributed by atoms with Crippen LogP contribution in [0.2, 0.25) is 0 Å². The molecule has 2 heterocycles. The maximum absolute atomic E-state index is 12.6. The Labute approximate surface area is 187 Å². The normalized spacial score (nSPS) is 12.0. The van der Waals surface area contributed by atoms with E-state index in [1.165, 1.54) is 11.0 Å². The molecule has 2 aromatic heterocycles. The summed E-state index contributed by atoms with van der Waals surface area (Å²) in [5, 5.41) is 21.2. The van der Waals surface area contributed by atoms with Gasteiger partial charge in [-0.25, -0.2) is 13.4 Å². The number of aromatic nitrogens is 2. The number of nitrogens with zero attached hydrogens (tertiary/aromatic N) is 5. The number of fused-ring (bicyclic) bond motifs is 2. The molecule has 0 saturated carbocycles. The Morgan fingerprint density at radius 3 is 2.62 bits per heavy atom. The van der Waals surface area contributed by atoms with Crippen molar-refractivity contribution in [3.63, 3.8) is 0 Å². The van der Waals surface area contributed by atoms with Crippen LogP contribution < -0.4 is 4.72 Å². The van der Waals surface area contributed by atoms with Crippen molar-refractivity contribution in [3.8, 4) is 5.75 Å². The molecule has 0 aliphatic rings. The minimum Gasteiger partial charge on any atom is -0.506 e. The monoisotopic (exact) mass is 470 g/mol. The number of phenols is 1. The molecule has 4 aromatic rings. The Hall–Kier alpha value is -3.64. The number of anilines is 1. The number of amides is 1. The molecule has 12 heteroatoms. The highest BCUT2D eigenvalue weighted by molar-refractivity contribution is 7.92. The molecule has 4 rings (SSSR count). The summed E-state index contributed by atoms with van der Waals surface area (Å²) in [6.07, 6.45) is 2.64. The zero-order chi connectivity index (χ0) is 23.0. The first-order valence-corrected chi connectivity index (χ1v) is 11.9. The molecular weight excluding hydrogens is 452 g/mol. The lowest BCUT2D eigenvalue weighted by Crippen LogP contribution is -2.21. The first kappa shape index (κ1) is 21.6. The molecule has 2 aromatic carbocycles. The van der Waals surface area contributed by atoms with Gasteiger partial charge in [0.2, 0.25) is 10.0 Å². The molecule has 164 valence electrons. The van der Waals surface area contributed by atoms with E-state index in [9.17, 15) is 18.3 Å². The number of phenolic OH excluding ortho intramolecular Hbond substituents is 1. The maximum Gasteiger partial charge on any atom is 0.257 e. The Bertz CT molecular complexity index is 1500. The van der Waals surface area contributed by atoms with Gasteiger partial charge in [-0.3, -0.25) is 9.52 Å². The lowest BCUT2D eigenvalue weighted by atomic mass is 10.0. The topological polar surface area (TPSA) is 137 Å². The van der Waals surface area contributed by atoms with Crippen LogP contribution in [-0.4, -0.2) is 54.0 Å². The van der Waals surface area contributed by atoms with Crippen molar-refractivity contribution in [1.29, 1.82) is 0 Å². The van der Waals surface area contributed by atoms with Gasteiger partial charge in [-0.15, -0.1) is 10.2 Å². The van der Waals surface area contributed by atoms with Crippen LogP contribution in [0.5, 0.6) is 5.75 Å². The molecule has 32 heavy (non-hydrogen) atoms. The molecule has 0 atom stereocenters. The number of rotatable bonds is 5. The molecule has 0 bridgehead atoms. The third-order valence-corrected chi connectivity index (χ3v) is 5.86. The second-order valence-corrected chi connectivity index (χ2v) is 9.66. The quantitative estimate of drug-likeness (QED) is 0.422. The number of carbonyl (C=O) groups is 1. The smallest absolute Gasteiger partial charge is 0.257 e. The lowest BCUT2D eigenvalue weighted by Gasteiger charge is -2.16. The summed E-state index contributed by atoms with van der Waals surface area (Å²) < 4.78 is 30.4. The zero-order valence-electron chi connectivity index (χ0n) is 17.3. The predicted molar refractivity (Wildman–Crippen MR) is 124 cm³/mol. The van der Waals surface area contributed by atoms with E-state index in [0.29, 0.717) is 21.4 Å². The maximum atomic E-state index is 12.6. The molecule has 1 amide bonds. The molecule has 0 aliphatic heterocycles. The number of carbonyl (C=O) groups excluding carboxylic acids is 1. The minimum atomic E-state index is -3.62. The van der Waals surface area contributed by atoms with Crippen molar-refractivity contribution in [2.75, 3.05) is 25.1 Å². The standard InChI is InChI=1S/C20H18N6O4S2/c1-26(2)20(28)13-10-15(22-23-19-12-7-5-9-21-18(12)24-31-19)16-11(17(13)27)6-4-8-14(16)25-32(3,29)30/h4-10,25,27H,1-3H3. The predicted octanol–water partition coefficient (Wildman–Crippen LogP) is 4.04. The summed E-state index contributed by atoms with van der Waals surface area (Å²) in [5.41, 5.74) is 0.961. The molecular formula is C20H18N6O4S2. The van der Waals surface area contributed by atoms with Crippen LogP contribution in [0.25, 0.3) is 21.8 Å². The van der Waals surface area contributed by atoms with E-state index in [1.807, 2.05) is 6.07 Å². The number of pyridine rings is 1. The minimum absolute atomic E-state index is 0.0174. The molecule has 0 unspecified atom stereocenters. The largest absolute Gasteiger partial charge is 0.506 e. The van der Waals surface area contributed by atoms with E-state index >= 15 is 0 Å². The van der Waals surface area contributed by atoms with E-state index < -0.39 is 15.9 Å². The Morgan fingerprint density at radius 1 is 1.16 bits per heavy atom. The van der Waals surface area contributed by atoms with E-state index in [-0.39, 0.29) is 28.1 Å². The SMILES string of the molecule is CN(C)C(=O)c1cc(N=Nc2snc3ncccc23)c2c(NS(C)(=O)=O)cccc2c1O. The van der Waals surface area contributed by atoms with Crippen LogP contribution in [0.3, 0.4) is 0 Å². The van der Waals surface area contributed by atoms with Crippen LogP contribution in [0.1, 0.15) is 10.4 Å².